The van der Waals surface area contributed by atoms with Crippen LogP contribution in [0.3, 0.4) is 0 Å². The Hall–Kier alpha value is -3.49. The second-order valence-electron chi connectivity index (χ2n) is 14.7. The predicted octanol–water partition coefficient (Wildman–Crippen LogP) is 7.99. The van der Waals surface area contributed by atoms with Crippen LogP contribution >= 0.6 is 11.6 Å². The number of hydrogen-bond donors (Lipinski definition) is 2. The minimum Gasteiger partial charge on any atom is -0.493 e. The van der Waals surface area contributed by atoms with Crippen LogP contribution in [-0.4, -0.2) is 54.6 Å². The van der Waals surface area contributed by atoms with Crippen molar-refractivity contribution in [2.45, 2.75) is 94.6 Å². The van der Waals surface area contributed by atoms with E-state index in [1.807, 2.05) is 24.4 Å². The van der Waals surface area contributed by atoms with Crippen molar-refractivity contribution in [3.63, 3.8) is 0 Å². The lowest BCUT2D eigenvalue weighted by molar-refractivity contribution is -0.144. The maximum Gasteiger partial charge on any atom is 0.329 e. The molecular formula is C39H47ClN2O6. The fourth-order valence-corrected chi connectivity index (χ4v) is 9.17. The van der Waals surface area contributed by atoms with E-state index in [-0.39, 0.29) is 11.5 Å². The van der Waals surface area contributed by atoms with Crippen LogP contribution < -0.4 is 19.5 Å². The summed E-state index contributed by atoms with van der Waals surface area (Å²) in [5, 5.41) is 14.6. The van der Waals surface area contributed by atoms with Crippen LogP contribution in [0.25, 0.3) is 0 Å². The summed E-state index contributed by atoms with van der Waals surface area (Å²) in [5.74, 6) is 2.77. The Morgan fingerprint density at radius 3 is 2.77 bits per heavy atom. The maximum atomic E-state index is 12.9. The van der Waals surface area contributed by atoms with Gasteiger partial charge in [-0.15, -0.1) is 0 Å². The van der Waals surface area contributed by atoms with E-state index in [1.165, 1.54) is 35.2 Å². The van der Waals surface area contributed by atoms with Gasteiger partial charge in [-0.2, -0.15) is 0 Å². The number of nitrogens with one attached hydrogen (secondary N) is 1. The Bertz CT molecular complexity index is 1650. The topological polar surface area (TPSA) is 99.1 Å². The Labute approximate surface area is 288 Å². The number of methoxy groups -OCH3 is 1. The molecule has 2 aromatic carbocycles. The van der Waals surface area contributed by atoms with E-state index in [0.29, 0.717) is 55.4 Å². The zero-order valence-electron chi connectivity index (χ0n) is 28.2. The largest absolute Gasteiger partial charge is 0.493 e. The molecule has 2 N–H and O–H groups in total. The van der Waals surface area contributed by atoms with E-state index in [1.54, 1.807) is 19.2 Å². The third kappa shape index (κ3) is 6.22. The van der Waals surface area contributed by atoms with Gasteiger partial charge in [0.25, 0.3) is 0 Å². The quantitative estimate of drug-likeness (QED) is 0.223. The number of carboxylic acid groups (broad SMARTS) is 1. The Morgan fingerprint density at radius 1 is 1.17 bits per heavy atom. The summed E-state index contributed by atoms with van der Waals surface area (Å²) in [4.78, 5) is 17.6. The van der Waals surface area contributed by atoms with Crippen LogP contribution in [0.2, 0.25) is 5.02 Å². The highest BCUT2D eigenvalue weighted by Crippen LogP contribution is 2.58. The molecule has 7 rings (SSSR count). The fraction of sp³-hybridized carbons (Fsp3) is 0.538. The van der Waals surface area contributed by atoms with Crippen LogP contribution in [0.1, 0.15) is 87.1 Å². The predicted molar refractivity (Wildman–Crippen MR) is 186 cm³/mol. The molecule has 3 aliphatic carbocycles. The number of nitrogens with zero attached hydrogens (tertiary/aromatic N) is 1. The molecule has 256 valence electrons. The van der Waals surface area contributed by atoms with E-state index in [2.05, 4.69) is 36.3 Å². The molecule has 0 radical (unpaired) electrons. The van der Waals surface area contributed by atoms with Crippen molar-refractivity contribution in [3.8, 4) is 17.2 Å². The van der Waals surface area contributed by atoms with Gasteiger partial charge in [-0.25, -0.2) is 4.79 Å². The zero-order chi connectivity index (χ0) is 33.5. The van der Waals surface area contributed by atoms with Crippen molar-refractivity contribution in [3.05, 3.63) is 76.1 Å². The molecule has 4 aliphatic rings. The van der Waals surface area contributed by atoms with Gasteiger partial charge in [-0.05, 0) is 128 Å². The lowest BCUT2D eigenvalue weighted by Crippen LogP contribution is -2.53. The van der Waals surface area contributed by atoms with Gasteiger partial charge in [0, 0.05) is 35.3 Å². The summed E-state index contributed by atoms with van der Waals surface area (Å²) in [5.41, 5.74) is 4.50. The third-order valence-corrected chi connectivity index (χ3v) is 11.7. The van der Waals surface area contributed by atoms with Gasteiger partial charge in [0.15, 0.2) is 17.6 Å². The zero-order valence-corrected chi connectivity index (χ0v) is 29.0. The number of fused-ring (bicyclic) bond motifs is 4. The Morgan fingerprint density at radius 2 is 2.00 bits per heavy atom. The molecule has 0 bridgehead atoms. The van der Waals surface area contributed by atoms with Gasteiger partial charge in [0.2, 0.25) is 0 Å². The first-order valence-electron chi connectivity index (χ1n) is 17.5. The van der Waals surface area contributed by atoms with E-state index in [0.717, 1.165) is 55.0 Å². The highest BCUT2D eigenvalue weighted by molar-refractivity contribution is 6.30. The second kappa shape index (κ2) is 13.4. The minimum atomic E-state index is -1.07. The van der Waals surface area contributed by atoms with Gasteiger partial charge in [0.1, 0.15) is 17.9 Å². The highest BCUT2D eigenvalue weighted by atomic mass is 35.5. The molecule has 3 aromatic rings. The molecule has 1 aromatic heterocycles. The average Bonchev–Trinajstić information content (AvgIpc) is 3.34. The number of anilines is 1. The number of pyridine rings is 1. The molecular weight excluding hydrogens is 628 g/mol. The number of aromatic nitrogens is 1. The number of aliphatic carboxylic acids is 1. The molecule has 9 heteroatoms. The maximum absolute atomic E-state index is 12.9. The molecule has 1 fully saturated rings. The molecule has 1 aliphatic heterocycles. The molecule has 2 heterocycles. The lowest BCUT2D eigenvalue weighted by Gasteiger charge is -2.47. The van der Waals surface area contributed by atoms with Gasteiger partial charge in [-0.1, -0.05) is 31.5 Å². The van der Waals surface area contributed by atoms with Crippen LogP contribution in [0, 0.1) is 11.8 Å². The second-order valence-corrected chi connectivity index (χ2v) is 15.1. The van der Waals surface area contributed by atoms with Crippen LogP contribution in [0.5, 0.6) is 17.2 Å². The molecule has 0 unspecified atom stereocenters. The molecule has 0 amide bonds. The summed E-state index contributed by atoms with van der Waals surface area (Å²) < 4.78 is 24.4. The van der Waals surface area contributed by atoms with E-state index in [9.17, 15) is 9.90 Å². The van der Waals surface area contributed by atoms with Gasteiger partial charge >= 0.3 is 5.97 Å². The molecule has 48 heavy (non-hydrogen) atoms. The normalized spacial score (nSPS) is 28.0. The van der Waals surface area contributed by atoms with Gasteiger partial charge < -0.3 is 29.4 Å². The molecule has 8 nitrogen and oxygen atoms in total. The SMILES string of the molecule is COC[C@@H]1COc2cc3c(cc2O1)C[C@H](C[C@@H](C)COc1ccnc2c1[C@H](C)CCC2)C31CCC(Nc2cccc(Cl)c2)(C(=O)O)CC1. The number of aryl methyl sites for hydroxylation is 1. The fourth-order valence-electron chi connectivity index (χ4n) is 8.98. The molecule has 1 spiro atoms. The van der Waals surface area contributed by atoms with Crippen molar-refractivity contribution >= 4 is 23.3 Å². The van der Waals surface area contributed by atoms with Crippen molar-refractivity contribution in [1.82, 2.24) is 4.98 Å². The van der Waals surface area contributed by atoms with Crippen molar-refractivity contribution in [2.24, 2.45) is 11.8 Å². The minimum absolute atomic E-state index is 0.144. The molecule has 4 atom stereocenters. The van der Waals surface area contributed by atoms with Crippen molar-refractivity contribution < 1.29 is 28.8 Å². The number of rotatable bonds is 10. The monoisotopic (exact) mass is 674 g/mol. The van der Waals surface area contributed by atoms with Gasteiger partial charge in [0.05, 0.1) is 13.2 Å². The summed E-state index contributed by atoms with van der Waals surface area (Å²) in [6.45, 7) is 6.10. The summed E-state index contributed by atoms with van der Waals surface area (Å²) >= 11 is 6.27. The number of halogens is 1. The van der Waals surface area contributed by atoms with Crippen molar-refractivity contribution in [2.75, 3.05) is 32.2 Å². The van der Waals surface area contributed by atoms with E-state index >= 15 is 0 Å². The summed E-state index contributed by atoms with van der Waals surface area (Å²) in [7, 11) is 1.67. The van der Waals surface area contributed by atoms with Crippen molar-refractivity contribution in [1.29, 1.82) is 0 Å². The first-order chi connectivity index (χ1) is 23.2. The summed E-state index contributed by atoms with van der Waals surface area (Å²) in [6, 6.07) is 13.7. The highest BCUT2D eigenvalue weighted by Gasteiger charge is 2.54. The number of ether oxygens (including phenoxy) is 4. The Balaban J connectivity index is 1.15. The van der Waals surface area contributed by atoms with Crippen LogP contribution in [0.15, 0.2) is 48.7 Å². The van der Waals surface area contributed by atoms with E-state index < -0.39 is 11.5 Å². The number of carbonyl (C=O) groups is 1. The Kier molecular flexibility index (Phi) is 9.24. The molecule has 0 saturated heterocycles. The van der Waals surface area contributed by atoms with Crippen LogP contribution in [-0.2, 0) is 27.8 Å². The molecule has 1 saturated carbocycles. The van der Waals surface area contributed by atoms with Crippen LogP contribution in [0.4, 0.5) is 5.69 Å². The smallest absolute Gasteiger partial charge is 0.329 e. The third-order valence-electron chi connectivity index (χ3n) is 11.4. The number of carboxylic acids is 1. The lowest BCUT2D eigenvalue weighted by atomic mass is 9.59. The standard InChI is InChI=1S/C39H47ClN2O6/c1-24(21-46-33-10-15-41-32-9-4-6-25(2)36(32)33)16-27-17-26-18-35-34(47-23-30(48-35)22-45-3)20-31(26)38(27)11-13-39(14-12-38,37(43)44)42-29-8-5-7-28(40)19-29/h5,7-8,10,15,18-20,24-25,27,30,42H,4,6,9,11-14,16-17,21-23H2,1-3H3,(H,43,44)/t24-,25-,27+,30-,38?,39?/m1/s1. The first kappa shape index (κ1) is 33.0. The number of hydrogen-bond acceptors (Lipinski definition) is 7. The van der Waals surface area contributed by atoms with E-state index in [4.69, 9.17) is 30.5 Å². The first-order valence-corrected chi connectivity index (χ1v) is 17.9. The number of benzene rings is 2. The average molecular weight is 675 g/mol. The summed E-state index contributed by atoms with van der Waals surface area (Å²) in [6.07, 6.45) is 9.48. The van der Waals surface area contributed by atoms with Gasteiger partial charge in [-0.3, -0.25) is 4.98 Å².